The molecule has 526 valence electrons. The van der Waals surface area contributed by atoms with E-state index in [9.17, 15) is 9.59 Å². The lowest BCUT2D eigenvalue weighted by atomic mass is 9.83. The molecule has 2 amide bonds. The Hall–Kier alpha value is -4.26. The first kappa shape index (κ1) is 83.7. The summed E-state index contributed by atoms with van der Waals surface area (Å²) in [5.41, 5.74) is 15.9. The number of anilines is 5. The maximum Gasteiger partial charge on any atom is 0.323 e. The number of carbonyl (C=O) groups excluding carboxylic acids is 2. The maximum absolute atomic E-state index is 11.6. The number of nitriles is 1. The number of nitrogens with one attached hydrogen (secondary N) is 3. The van der Waals surface area contributed by atoms with E-state index < -0.39 is 10.9 Å². The van der Waals surface area contributed by atoms with Crippen molar-refractivity contribution in [1.29, 1.82) is 5.26 Å². The summed E-state index contributed by atoms with van der Waals surface area (Å²) in [6, 6.07) is 26.5. The van der Waals surface area contributed by atoms with Crippen LogP contribution < -0.4 is 37.2 Å². The third-order valence-electron chi connectivity index (χ3n) is 15.4. The summed E-state index contributed by atoms with van der Waals surface area (Å²) in [7, 11) is 0. The van der Waals surface area contributed by atoms with Crippen LogP contribution in [-0.4, -0.2) is 71.6 Å². The number of thioether (sulfide) groups is 1. The van der Waals surface area contributed by atoms with E-state index >= 15 is 0 Å². The molecule has 7 N–H and O–H groups in total. The van der Waals surface area contributed by atoms with Crippen LogP contribution in [0, 0.1) is 34.6 Å². The van der Waals surface area contributed by atoms with Crippen molar-refractivity contribution in [1.82, 2.24) is 20.3 Å². The molecule has 5 aromatic carbocycles. The Kier molecular flexibility index (Phi) is 33.0. The second-order valence-electron chi connectivity index (χ2n) is 24.3. The van der Waals surface area contributed by atoms with Gasteiger partial charge in [-0.1, -0.05) is 215 Å². The van der Waals surface area contributed by atoms with Crippen LogP contribution in [0.2, 0.25) is 50.2 Å². The van der Waals surface area contributed by atoms with Crippen LogP contribution in [0.3, 0.4) is 0 Å². The largest absolute Gasteiger partial charge is 0.382 e. The van der Waals surface area contributed by atoms with Gasteiger partial charge in [-0.2, -0.15) is 5.26 Å². The molecular weight excluding hydrogens is 1630 g/mol. The number of thiazole rings is 3. The van der Waals surface area contributed by atoms with E-state index in [0.29, 0.717) is 93.6 Å². The number of hydrogen-bond donors (Lipinski definition) is 5. The molecule has 6 heterocycles. The van der Waals surface area contributed by atoms with Crippen molar-refractivity contribution in [3.8, 4) is 36.7 Å². The highest BCUT2D eigenvalue weighted by molar-refractivity contribution is 9.11. The molecule has 3 aliphatic heterocycles. The molecule has 2 unspecified atom stereocenters. The second kappa shape index (κ2) is 39.0. The summed E-state index contributed by atoms with van der Waals surface area (Å²) in [4.78, 5) is 49.5. The molecule has 99 heavy (non-hydrogen) atoms. The van der Waals surface area contributed by atoms with Gasteiger partial charge in [-0.15, -0.1) is 11.3 Å². The Morgan fingerprint density at radius 2 is 0.970 bits per heavy atom. The van der Waals surface area contributed by atoms with Crippen LogP contribution in [0.1, 0.15) is 109 Å². The topological polar surface area (TPSA) is 200 Å². The molecule has 15 nitrogen and oxygen atoms in total. The van der Waals surface area contributed by atoms with E-state index in [2.05, 4.69) is 101 Å². The number of nitrogens with two attached hydrogens (primary N) is 2. The number of hydrogen-bond acceptors (Lipinski definition) is 15. The highest BCUT2D eigenvalue weighted by Gasteiger charge is 2.31. The zero-order chi connectivity index (χ0) is 73.1. The predicted molar refractivity (Wildman–Crippen MR) is 429 cm³/mol. The van der Waals surface area contributed by atoms with E-state index in [-0.39, 0.29) is 17.4 Å². The molecule has 8 aromatic rings. The van der Waals surface area contributed by atoms with Gasteiger partial charge in [0.2, 0.25) is 11.8 Å². The average Bonchev–Trinajstić information content (AvgIpc) is 1.67. The molecule has 3 aromatic heterocycles. The number of piperidine rings is 3. The van der Waals surface area contributed by atoms with Crippen molar-refractivity contribution in [3.63, 3.8) is 0 Å². The number of alkyl halides is 1. The van der Waals surface area contributed by atoms with Gasteiger partial charge in [0, 0.05) is 74.0 Å². The molecule has 0 aliphatic carbocycles. The molecule has 11 rings (SSSR count). The van der Waals surface area contributed by atoms with E-state index in [4.69, 9.17) is 157 Å². The number of nitrogens with zero attached hydrogens (tertiary/aromatic N) is 8. The van der Waals surface area contributed by atoms with Crippen LogP contribution >= 0.6 is 189 Å². The number of benzene rings is 5. The van der Waals surface area contributed by atoms with Gasteiger partial charge < -0.3 is 37.2 Å². The first-order chi connectivity index (χ1) is 46.7. The molecular formula is C68H69BrCl11N13O2S4. The van der Waals surface area contributed by atoms with Gasteiger partial charge in [0.15, 0.2) is 25.8 Å². The number of aromatic nitrogens is 3. The first-order valence-electron chi connectivity index (χ1n) is 30.3. The van der Waals surface area contributed by atoms with Crippen molar-refractivity contribution < 1.29 is 9.59 Å². The summed E-state index contributed by atoms with van der Waals surface area (Å²) in [6.07, 6.45) is 6.81. The van der Waals surface area contributed by atoms with Crippen LogP contribution in [0.15, 0.2) is 94.9 Å². The molecule has 0 saturated carbocycles. The Labute approximate surface area is 658 Å². The maximum atomic E-state index is 11.6. The number of rotatable bonds is 10. The third kappa shape index (κ3) is 24.7. The summed E-state index contributed by atoms with van der Waals surface area (Å²) in [5.74, 6) is 1.17. The number of thiocyanates is 1. The number of carbonyl (C=O) groups is 2. The summed E-state index contributed by atoms with van der Waals surface area (Å²) >= 11 is 74.6. The van der Waals surface area contributed by atoms with Crippen LogP contribution in [0.5, 0.6) is 0 Å². The molecule has 2 atom stereocenters. The van der Waals surface area contributed by atoms with Crippen molar-refractivity contribution in [2.75, 3.05) is 65.4 Å². The van der Waals surface area contributed by atoms with Crippen LogP contribution in [0.25, 0.3) is 41.0 Å². The Balaban J connectivity index is 0.000000193. The van der Waals surface area contributed by atoms with Gasteiger partial charge in [-0.05, 0) is 139 Å². The fourth-order valence-electron chi connectivity index (χ4n) is 9.60. The monoisotopic (exact) mass is 1690 g/mol. The number of halogens is 12. The SMILES string of the molecule is CC(=O)Nc1nc(Br)sc1-c1cccc(Cl)c1Cl.CC(=O)Nc1nc(N2CCC(C)(C)CC2)sc1-c1cccc(Cl)c1Cl.CC1(C)CCNCC1.CC1(N)CCN(c2nc(N)c(-c3cccc(Cl)c3Cl)s2)CC1.[C-]#[N+]C(Cl)c1cccc(Cl)c1Cl.[C-]#[N+]C(SC#N)c1cccc(Cl)c1Cl. The fourth-order valence-corrected chi connectivity index (χ4v) is 16.2. The quantitative estimate of drug-likeness (QED) is 0.0376. The lowest BCUT2D eigenvalue weighted by Gasteiger charge is -2.36. The molecule has 3 aliphatic rings. The minimum Gasteiger partial charge on any atom is -0.382 e. The van der Waals surface area contributed by atoms with E-state index in [1.807, 2.05) is 35.7 Å². The molecule has 0 radical (unpaired) electrons. The summed E-state index contributed by atoms with van der Waals surface area (Å²) < 4.78 is 0.664. The smallest absolute Gasteiger partial charge is 0.323 e. The highest BCUT2D eigenvalue weighted by Crippen LogP contribution is 2.47. The number of nitrogen functional groups attached to an aromatic ring is 1. The van der Waals surface area contributed by atoms with Gasteiger partial charge >= 0.3 is 10.9 Å². The fraction of sp³-hybridized carbons (Fsp3) is 0.353. The summed E-state index contributed by atoms with van der Waals surface area (Å²) in [6.45, 7) is 34.0. The van der Waals surface area contributed by atoms with Crippen molar-refractivity contribution >= 4 is 229 Å². The van der Waals surface area contributed by atoms with Crippen LogP contribution in [0.4, 0.5) is 27.7 Å². The minimum absolute atomic E-state index is 0.0849. The lowest BCUT2D eigenvalue weighted by molar-refractivity contribution is -0.115. The molecule has 3 fully saturated rings. The Morgan fingerprint density at radius 1 is 0.586 bits per heavy atom. The number of amides is 2. The first-order valence-corrected chi connectivity index (χ1v) is 38.7. The third-order valence-corrected chi connectivity index (χ3v) is 24.4. The van der Waals surface area contributed by atoms with Gasteiger partial charge in [-0.3, -0.25) is 19.3 Å². The zero-order valence-electron chi connectivity index (χ0n) is 54.5. The predicted octanol–water partition coefficient (Wildman–Crippen LogP) is 24.2. The standard InChI is InChI=1S/C18H21Cl2N3OS.C15H18Cl2N4S.C11H7BrCl2N2OS.C9H4Cl2N2S.C8H4Cl3N.C7H15N/c1-11(24)21-16-15(12-5-4-6-13(19)14(12)20)25-17(22-16)23-9-7-18(2,3)8-10-23;1-15(19)5-7-21(8-6-15)14-20-13(18)12(22-14)9-3-2-4-10(16)11(9)17;1-5(17)15-10-9(18-11(12)16-10)6-3-2-4-7(13)8(6)14;1-13-9(14-5-12)6-3-2-4-7(10)8(6)11;1-12-8(11)5-3-2-4-6(9)7(5)10;1-7(2)3-5-8-6-4-7/h4-6H,7-10H2,1-3H3,(H,21,24);2-4H,5-8,18-19H2,1H3;2-4H,1H3,(H,15,17);2-4,9H;2-4,8H;8H,3-6H2,1-2H3. The molecule has 3 saturated heterocycles. The average molecular weight is 1700 g/mol. The second-order valence-corrected chi connectivity index (χ2v) is 33.8. The Morgan fingerprint density at radius 3 is 1.40 bits per heavy atom. The molecule has 31 heteroatoms. The minimum atomic E-state index is -0.754. The molecule has 0 spiro atoms. The van der Waals surface area contributed by atoms with Crippen LogP contribution in [-0.2, 0) is 9.59 Å². The van der Waals surface area contributed by atoms with Gasteiger partial charge in [0.05, 0.1) is 76.0 Å². The van der Waals surface area contributed by atoms with Gasteiger partial charge in [0.1, 0.15) is 11.2 Å². The van der Waals surface area contributed by atoms with Gasteiger partial charge in [-0.25, -0.2) is 28.1 Å². The highest BCUT2D eigenvalue weighted by atomic mass is 79.9. The van der Waals surface area contributed by atoms with E-state index in [0.717, 1.165) is 105 Å². The molecule has 0 bridgehead atoms. The normalized spacial score (nSPS) is 15.4. The van der Waals surface area contributed by atoms with Crippen molar-refractivity contribution in [2.45, 2.75) is 103 Å². The Bertz CT molecular complexity index is 4220. The van der Waals surface area contributed by atoms with Crippen molar-refractivity contribution in [2.24, 2.45) is 16.6 Å². The summed E-state index contributed by atoms with van der Waals surface area (Å²) in [5, 5.41) is 24.8. The van der Waals surface area contributed by atoms with Crippen molar-refractivity contribution in [3.05, 3.63) is 179 Å². The lowest BCUT2D eigenvalue weighted by Crippen LogP contribution is -2.48. The van der Waals surface area contributed by atoms with E-state index in [1.54, 1.807) is 83.3 Å². The zero-order valence-corrected chi connectivity index (χ0v) is 67.7. The van der Waals surface area contributed by atoms with Gasteiger partial charge in [0.25, 0.3) is 0 Å². The van der Waals surface area contributed by atoms with E-state index in [1.165, 1.54) is 51.1 Å².